The van der Waals surface area contributed by atoms with E-state index >= 15 is 0 Å². The third kappa shape index (κ3) is 5.03. The van der Waals surface area contributed by atoms with Gasteiger partial charge in [0.2, 0.25) is 5.91 Å². The molecule has 114 valence electrons. The molecule has 1 aliphatic carbocycles. The van der Waals surface area contributed by atoms with Crippen LogP contribution in [0.4, 0.5) is 0 Å². The van der Waals surface area contributed by atoms with Gasteiger partial charge >= 0.3 is 0 Å². The van der Waals surface area contributed by atoms with E-state index < -0.39 is 5.60 Å². The quantitative estimate of drug-likeness (QED) is 0.826. The number of benzene rings is 1. The summed E-state index contributed by atoms with van der Waals surface area (Å²) in [6.45, 7) is 0.291. The molecule has 2 N–H and O–H groups in total. The van der Waals surface area contributed by atoms with E-state index in [9.17, 15) is 9.90 Å². The molecule has 3 nitrogen and oxygen atoms in total. The van der Waals surface area contributed by atoms with Crippen molar-refractivity contribution in [3.05, 3.63) is 39.9 Å². The molecule has 0 aromatic heterocycles. The number of aliphatic hydroxyl groups is 1. The zero-order valence-electron chi connectivity index (χ0n) is 11.7. The van der Waals surface area contributed by atoms with E-state index in [1.807, 2.05) is 0 Å². The van der Waals surface area contributed by atoms with Crippen LogP contribution in [0.5, 0.6) is 0 Å². The highest BCUT2D eigenvalue weighted by molar-refractivity contribution is 6.34. The number of hydrogen-bond acceptors (Lipinski definition) is 2. The van der Waals surface area contributed by atoms with Gasteiger partial charge in [-0.1, -0.05) is 42.5 Å². The van der Waals surface area contributed by atoms with Crippen molar-refractivity contribution in [2.45, 2.75) is 37.7 Å². The predicted molar refractivity (Wildman–Crippen MR) is 86.5 cm³/mol. The minimum absolute atomic E-state index is 0.245. The molecule has 1 amide bonds. The summed E-state index contributed by atoms with van der Waals surface area (Å²) in [5.41, 5.74) is -0.0641. The van der Waals surface area contributed by atoms with Crippen LogP contribution in [0, 0.1) is 0 Å². The van der Waals surface area contributed by atoms with E-state index in [-0.39, 0.29) is 5.91 Å². The lowest BCUT2D eigenvalue weighted by Crippen LogP contribution is -2.43. The molecule has 0 spiro atoms. The van der Waals surface area contributed by atoms with Crippen molar-refractivity contribution in [3.8, 4) is 0 Å². The van der Waals surface area contributed by atoms with E-state index in [1.165, 1.54) is 6.08 Å². The highest BCUT2D eigenvalue weighted by Gasteiger charge is 2.29. The van der Waals surface area contributed by atoms with Gasteiger partial charge in [0, 0.05) is 22.7 Å². The summed E-state index contributed by atoms with van der Waals surface area (Å²) in [7, 11) is 0. The van der Waals surface area contributed by atoms with Gasteiger partial charge in [-0.2, -0.15) is 0 Å². The number of halogens is 2. The fourth-order valence-corrected chi connectivity index (χ4v) is 2.87. The first-order chi connectivity index (χ1) is 9.98. The lowest BCUT2D eigenvalue weighted by atomic mass is 9.85. The summed E-state index contributed by atoms with van der Waals surface area (Å²) in [5.74, 6) is -0.245. The van der Waals surface area contributed by atoms with Crippen LogP contribution in [0.25, 0.3) is 6.08 Å². The Balaban J connectivity index is 1.89. The van der Waals surface area contributed by atoms with E-state index in [0.717, 1.165) is 32.1 Å². The van der Waals surface area contributed by atoms with E-state index in [2.05, 4.69) is 5.32 Å². The molecule has 5 heteroatoms. The van der Waals surface area contributed by atoms with Crippen molar-refractivity contribution in [3.63, 3.8) is 0 Å². The van der Waals surface area contributed by atoms with Crippen molar-refractivity contribution < 1.29 is 9.90 Å². The van der Waals surface area contributed by atoms with Gasteiger partial charge in [-0.05, 0) is 42.7 Å². The molecule has 0 saturated heterocycles. The SMILES string of the molecule is O=C(C=Cc1cc(Cl)ccc1Cl)NCC1(O)CCCCC1. The molecule has 0 aliphatic heterocycles. The number of rotatable bonds is 4. The molecule has 1 aliphatic rings. The number of carbonyl (C=O) groups is 1. The molecule has 0 heterocycles. The number of hydrogen-bond donors (Lipinski definition) is 2. The van der Waals surface area contributed by atoms with Gasteiger partial charge in [0.05, 0.1) is 5.60 Å². The van der Waals surface area contributed by atoms with Crippen LogP contribution in [0.1, 0.15) is 37.7 Å². The van der Waals surface area contributed by atoms with Gasteiger partial charge in [-0.3, -0.25) is 4.79 Å². The Hall–Kier alpha value is -1.03. The molecule has 1 saturated carbocycles. The van der Waals surface area contributed by atoms with Crippen LogP contribution in [0.3, 0.4) is 0 Å². The number of amides is 1. The zero-order chi connectivity index (χ0) is 15.3. The van der Waals surface area contributed by atoms with Crippen LogP contribution in [0.15, 0.2) is 24.3 Å². The van der Waals surface area contributed by atoms with Crippen LogP contribution < -0.4 is 5.32 Å². The Morgan fingerprint density at radius 2 is 2.00 bits per heavy atom. The molecular formula is C16H19Cl2NO2. The smallest absolute Gasteiger partial charge is 0.244 e. The maximum absolute atomic E-state index is 11.8. The zero-order valence-corrected chi connectivity index (χ0v) is 13.3. The van der Waals surface area contributed by atoms with Crippen LogP contribution in [0.2, 0.25) is 10.0 Å². The Morgan fingerprint density at radius 1 is 1.29 bits per heavy atom. The lowest BCUT2D eigenvalue weighted by Gasteiger charge is -2.31. The Bertz CT molecular complexity index is 537. The van der Waals surface area contributed by atoms with E-state index in [0.29, 0.717) is 22.2 Å². The van der Waals surface area contributed by atoms with Crippen molar-refractivity contribution in [1.29, 1.82) is 0 Å². The standard InChI is InChI=1S/C16H19Cl2NO2/c17-13-5-6-14(18)12(10-13)4-7-15(20)19-11-16(21)8-2-1-3-9-16/h4-7,10,21H,1-3,8-9,11H2,(H,19,20). The summed E-state index contributed by atoms with van der Waals surface area (Å²) in [6, 6.07) is 5.08. The van der Waals surface area contributed by atoms with Crippen molar-refractivity contribution in [2.24, 2.45) is 0 Å². The second-order valence-corrected chi connectivity index (χ2v) is 6.35. The second-order valence-electron chi connectivity index (χ2n) is 5.50. The van der Waals surface area contributed by atoms with Gasteiger partial charge < -0.3 is 10.4 Å². The second kappa shape index (κ2) is 7.30. The van der Waals surface area contributed by atoms with Gasteiger partial charge in [0.15, 0.2) is 0 Å². The molecule has 1 fully saturated rings. The van der Waals surface area contributed by atoms with Crippen molar-refractivity contribution >= 4 is 35.2 Å². The van der Waals surface area contributed by atoms with Crippen molar-refractivity contribution in [1.82, 2.24) is 5.32 Å². The molecule has 0 unspecified atom stereocenters. The minimum atomic E-state index is -0.755. The molecule has 1 aromatic carbocycles. The summed E-state index contributed by atoms with van der Waals surface area (Å²) in [4.78, 5) is 11.8. The fraction of sp³-hybridized carbons (Fsp3) is 0.438. The Labute approximate surface area is 134 Å². The maximum Gasteiger partial charge on any atom is 0.244 e. The first-order valence-corrected chi connectivity index (χ1v) is 7.87. The summed E-state index contributed by atoms with van der Waals surface area (Å²) in [6.07, 6.45) is 7.70. The maximum atomic E-state index is 11.8. The average Bonchev–Trinajstić information content (AvgIpc) is 2.47. The van der Waals surface area contributed by atoms with Crippen LogP contribution >= 0.6 is 23.2 Å². The first-order valence-electron chi connectivity index (χ1n) is 7.12. The normalized spacial score (nSPS) is 17.9. The third-order valence-electron chi connectivity index (χ3n) is 3.75. The molecule has 21 heavy (non-hydrogen) atoms. The minimum Gasteiger partial charge on any atom is -0.388 e. The molecule has 0 radical (unpaired) electrons. The average molecular weight is 328 g/mol. The lowest BCUT2D eigenvalue weighted by molar-refractivity contribution is -0.118. The van der Waals surface area contributed by atoms with Crippen molar-refractivity contribution in [2.75, 3.05) is 6.54 Å². The molecule has 0 atom stereocenters. The fourth-order valence-electron chi connectivity index (χ4n) is 2.51. The van der Waals surface area contributed by atoms with Crippen LogP contribution in [-0.2, 0) is 4.79 Å². The largest absolute Gasteiger partial charge is 0.388 e. The van der Waals surface area contributed by atoms with Crippen LogP contribution in [-0.4, -0.2) is 23.2 Å². The molecular weight excluding hydrogens is 309 g/mol. The van der Waals surface area contributed by atoms with Gasteiger partial charge in [0.1, 0.15) is 0 Å². The van der Waals surface area contributed by atoms with Gasteiger partial charge in [0.25, 0.3) is 0 Å². The molecule has 0 bridgehead atoms. The predicted octanol–water partition coefficient (Wildman–Crippen LogP) is 3.82. The Morgan fingerprint density at radius 3 is 2.71 bits per heavy atom. The summed E-state index contributed by atoms with van der Waals surface area (Å²) >= 11 is 11.9. The molecule has 2 rings (SSSR count). The van der Waals surface area contributed by atoms with E-state index in [1.54, 1.807) is 24.3 Å². The first kappa shape index (κ1) is 16.3. The summed E-state index contributed by atoms with van der Waals surface area (Å²) < 4.78 is 0. The Kier molecular flexibility index (Phi) is 5.68. The number of nitrogens with one attached hydrogen (secondary N) is 1. The monoisotopic (exact) mass is 327 g/mol. The third-order valence-corrected chi connectivity index (χ3v) is 4.33. The molecule has 1 aromatic rings. The van der Waals surface area contributed by atoms with Gasteiger partial charge in [-0.25, -0.2) is 0 Å². The number of carbonyl (C=O) groups excluding carboxylic acids is 1. The van der Waals surface area contributed by atoms with E-state index in [4.69, 9.17) is 23.2 Å². The highest BCUT2D eigenvalue weighted by atomic mass is 35.5. The highest BCUT2D eigenvalue weighted by Crippen LogP contribution is 2.27. The topological polar surface area (TPSA) is 49.3 Å². The summed E-state index contributed by atoms with van der Waals surface area (Å²) in [5, 5.41) is 14.2. The van der Waals surface area contributed by atoms with Gasteiger partial charge in [-0.15, -0.1) is 0 Å².